The van der Waals surface area contributed by atoms with Gasteiger partial charge in [-0.2, -0.15) is 0 Å². The normalized spacial score (nSPS) is 14.6. The van der Waals surface area contributed by atoms with Gasteiger partial charge in [-0.1, -0.05) is 173 Å². The van der Waals surface area contributed by atoms with Crippen molar-refractivity contribution in [3.05, 3.63) is 146 Å². The van der Waals surface area contributed by atoms with E-state index < -0.39 is 64.4 Å². The van der Waals surface area contributed by atoms with E-state index >= 15 is 0 Å². The van der Waals surface area contributed by atoms with Crippen molar-refractivity contribution in [1.29, 1.82) is 0 Å². The van der Waals surface area contributed by atoms with Gasteiger partial charge in [-0.05, 0) is 116 Å². The second kappa shape index (κ2) is 50.7. The van der Waals surface area contributed by atoms with Gasteiger partial charge in [-0.15, -0.1) is 0 Å². The number of rotatable bonds is 45. The first-order valence-corrected chi connectivity index (χ1v) is 27.2. The molecule has 0 aliphatic heterocycles. The molecule has 0 aromatic rings. The molecule has 3 atom stereocenters. The molecule has 0 aromatic carbocycles. The molecule has 0 aromatic heterocycles. The largest absolute Gasteiger partial charge is 0.472 e. The predicted molar refractivity (Wildman–Crippen MR) is 288 cm³/mol. The van der Waals surface area contributed by atoms with Gasteiger partial charge in [-0.25, -0.2) is 4.57 Å². The minimum Gasteiger partial charge on any atom is -0.462 e. The number of aliphatic hydroxyl groups excluding tert-OH is 1. The lowest BCUT2D eigenvalue weighted by Gasteiger charge is -2.21. The number of unbranched alkanes of at least 4 members (excludes halogenated alkanes) is 5. The van der Waals surface area contributed by atoms with Gasteiger partial charge >= 0.3 is 25.7 Å². The Hall–Kier alpha value is -4.64. The Morgan fingerprint density at radius 1 is 0.414 bits per heavy atom. The molecule has 11 nitrogen and oxygen atoms in total. The van der Waals surface area contributed by atoms with Crippen molar-refractivity contribution in [2.45, 2.75) is 174 Å². The van der Waals surface area contributed by atoms with E-state index in [1.807, 2.05) is 18.2 Å². The van der Waals surface area contributed by atoms with Gasteiger partial charge in [0.25, 0.3) is 0 Å². The lowest BCUT2D eigenvalue weighted by atomic mass is 10.1. The monoisotopic (exact) mass is 993 g/mol. The molecule has 0 amide bonds. The van der Waals surface area contributed by atoms with E-state index in [1.165, 1.54) is 0 Å². The van der Waals surface area contributed by atoms with E-state index in [2.05, 4.69) is 142 Å². The van der Waals surface area contributed by atoms with Crippen LogP contribution in [0.4, 0.5) is 0 Å². The summed E-state index contributed by atoms with van der Waals surface area (Å²) >= 11 is 0. The van der Waals surface area contributed by atoms with Crippen molar-refractivity contribution >= 4 is 25.7 Å². The molecule has 392 valence electrons. The molecule has 0 fully saturated rings. The molecule has 0 heterocycles. The van der Waals surface area contributed by atoms with Crippen molar-refractivity contribution in [3.63, 3.8) is 0 Å². The fourth-order valence-corrected chi connectivity index (χ4v) is 6.75. The third kappa shape index (κ3) is 48.4. The number of ether oxygens (including phenoxy) is 3. The average molecular weight is 993 g/mol. The minimum absolute atomic E-state index is 0.0847. The highest BCUT2D eigenvalue weighted by Crippen LogP contribution is 2.43. The molecule has 0 aliphatic carbocycles. The van der Waals surface area contributed by atoms with Gasteiger partial charge in [0, 0.05) is 12.8 Å². The van der Waals surface area contributed by atoms with E-state index in [9.17, 15) is 28.9 Å². The van der Waals surface area contributed by atoms with E-state index in [1.54, 1.807) is 6.08 Å². The maximum absolute atomic E-state index is 12.8. The second-order valence-corrected chi connectivity index (χ2v) is 17.7. The van der Waals surface area contributed by atoms with Crippen molar-refractivity contribution in [2.75, 3.05) is 26.4 Å². The molecule has 0 saturated heterocycles. The third-order valence-electron chi connectivity index (χ3n) is 9.77. The zero-order valence-electron chi connectivity index (χ0n) is 42.9. The highest BCUT2D eigenvalue weighted by molar-refractivity contribution is 7.47. The maximum Gasteiger partial charge on any atom is 0.472 e. The topological polar surface area (TPSA) is 155 Å². The fourth-order valence-electron chi connectivity index (χ4n) is 5.96. The molecule has 0 radical (unpaired) electrons. The Kier molecular flexibility index (Phi) is 47.4. The minimum atomic E-state index is -4.79. The van der Waals surface area contributed by atoms with Crippen LogP contribution < -0.4 is 0 Å². The summed E-state index contributed by atoms with van der Waals surface area (Å²) in [6.45, 7) is 4.05. The Labute approximate surface area is 422 Å². The Morgan fingerprint density at radius 3 is 1.19 bits per heavy atom. The molecule has 0 bridgehead atoms. The van der Waals surface area contributed by atoms with E-state index in [0.717, 1.165) is 103 Å². The van der Waals surface area contributed by atoms with Crippen molar-refractivity contribution in [1.82, 2.24) is 0 Å². The molecule has 12 heteroatoms. The first kappa shape index (κ1) is 65.4. The predicted octanol–water partition coefficient (Wildman–Crippen LogP) is 14.8. The summed E-state index contributed by atoms with van der Waals surface area (Å²) in [5.41, 5.74) is 0. The van der Waals surface area contributed by atoms with Crippen molar-refractivity contribution in [3.8, 4) is 0 Å². The molecule has 0 aliphatic rings. The van der Waals surface area contributed by atoms with Crippen LogP contribution in [0, 0.1) is 0 Å². The molecule has 3 unspecified atom stereocenters. The summed E-state index contributed by atoms with van der Waals surface area (Å²) in [6.07, 6.45) is 64.3. The van der Waals surface area contributed by atoms with Crippen LogP contribution in [-0.2, 0) is 42.2 Å². The van der Waals surface area contributed by atoms with Crippen LogP contribution in [0.15, 0.2) is 146 Å². The molecule has 0 spiro atoms. The lowest BCUT2D eigenvalue weighted by Crippen LogP contribution is -2.30. The van der Waals surface area contributed by atoms with Crippen LogP contribution in [-0.4, -0.2) is 66.5 Å². The van der Waals surface area contributed by atoms with Gasteiger partial charge in [0.05, 0.1) is 26.2 Å². The molecular weight excluding hydrogens is 904 g/mol. The third-order valence-corrected chi connectivity index (χ3v) is 10.7. The van der Waals surface area contributed by atoms with Crippen LogP contribution in [0.2, 0.25) is 0 Å². The van der Waals surface area contributed by atoms with Crippen LogP contribution >= 0.6 is 7.82 Å². The summed E-state index contributed by atoms with van der Waals surface area (Å²) in [5, 5.41) is 9.77. The summed E-state index contributed by atoms with van der Waals surface area (Å²) in [7, 11) is -4.79. The van der Waals surface area contributed by atoms with Gasteiger partial charge < -0.3 is 24.2 Å². The van der Waals surface area contributed by atoms with Crippen LogP contribution in [0.5, 0.6) is 0 Å². The Morgan fingerprint density at radius 2 is 0.757 bits per heavy atom. The Bertz CT molecular complexity index is 1730. The maximum atomic E-state index is 12.8. The number of allylic oxidation sites excluding steroid dienone is 23. The number of carbonyl (C=O) groups excluding carboxylic acids is 3. The number of aliphatic hydroxyl groups is 1. The summed E-state index contributed by atoms with van der Waals surface area (Å²) in [4.78, 5) is 48.2. The van der Waals surface area contributed by atoms with Crippen LogP contribution in [0.25, 0.3) is 0 Å². The van der Waals surface area contributed by atoms with Crippen LogP contribution in [0.1, 0.15) is 162 Å². The highest BCUT2D eigenvalue weighted by atomic mass is 31.2. The standard InChI is InChI=1S/C58H89O11P/c1-4-7-10-13-16-19-22-25-27-30-32-35-38-41-44-47-56(60)65-51-55(69-58(62)49-46-43-40-37-34-31-28-26-23-20-17-14-11-8-5-2)53-67-70(63,64)66-52-54(50-59)68-57(61)48-45-42-39-36-33-29-24-21-18-15-12-9-6-3/h7-12,16-21,25-29,32-35,37,43,46,54-55,59H,4-6,13-15,22-24,30-31,36,38-42,44-45,47-53H2,1-3H3,(H,63,64)/b10-7-,11-8-,12-9-,19-16-,20-17-,21-18-,27-25-,28-26-,33-29-,35-32-,37-34-,46-43-. The smallest absolute Gasteiger partial charge is 0.462 e. The quantitative estimate of drug-likeness (QED) is 0.0197. The number of esters is 3. The highest BCUT2D eigenvalue weighted by Gasteiger charge is 2.28. The summed E-state index contributed by atoms with van der Waals surface area (Å²) < 4.78 is 39.1. The number of hydrogen-bond acceptors (Lipinski definition) is 10. The first-order chi connectivity index (χ1) is 34.2. The Balaban J connectivity index is 4.98. The molecule has 2 N–H and O–H groups in total. The summed E-state index contributed by atoms with van der Waals surface area (Å²) in [6, 6.07) is 0. The molecule has 0 rings (SSSR count). The van der Waals surface area contributed by atoms with Crippen molar-refractivity contribution < 1.29 is 52.2 Å². The second-order valence-electron chi connectivity index (χ2n) is 16.2. The number of phosphoric acid groups is 1. The number of phosphoric ester groups is 1. The molecular formula is C58H89O11P. The number of hydrogen-bond donors (Lipinski definition) is 2. The average Bonchev–Trinajstić information content (AvgIpc) is 3.35. The van der Waals surface area contributed by atoms with Crippen LogP contribution in [0.3, 0.4) is 0 Å². The van der Waals surface area contributed by atoms with Gasteiger partial charge in [0.15, 0.2) is 6.10 Å². The van der Waals surface area contributed by atoms with E-state index in [-0.39, 0.29) is 19.3 Å². The summed E-state index contributed by atoms with van der Waals surface area (Å²) in [5.74, 6) is -1.72. The van der Waals surface area contributed by atoms with Crippen molar-refractivity contribution in [2.24, 2.45) is 0 Å². The van der Waals surface area contributed by atoms with E-state index in [0.29, 0.717) is 19.3 Å². The van der Waals surface area contributed by atoms with Gasteiger partial charge in [-0.3, -0.25) is 23.4 Å². The van der Waals surface area contributed by atoms with Gasteiger partial charge in [0.1, 0.15) is 12.7 Å². The van der Waals surface area contributed by atoms with E-state index in [4.69, 9.17) is 23.3 Å². The zero-order chi connectivity index (χ0) is 51.3. The zero-order valence-corrected chi connectivity index (χ0v) is 43.8. The SMILES string of the molecule is CC/C=C\C/C=C\C/C=C\C/C=C\C/C=C\CC(=O)OC(COC(=O)CCCC/C=C\C/C=C\C/C=C\C/C=C\CC)COP(=O)(O)OCC(CO)OC(=O)CCCCC/C=C\C/C=C\C/C=C\CC. The van der Waals surface area contributed by atoms with Gasteiger partial charge in [0.2, 0.25) is 0 Å². The fraction of sp³-hybridized carbons (Fsp3) is 0.534. The molecule has 0 saturated carbocycles. The lowest BCUT2D eigenvalue weighted by molar-refractivity contribution is -0.160. The first-order valence-electron chi connectivity index (χ1n) is 25.7. The number of carbonyl (C=O) groups is 3. The molecule has 70 heavy (non-hydrogen) atoms.